The van der Waals surface area contributed by atoms with Gasteiger partial charge in [-0.2, -0.15) is 0 Å². The second-order valence-corrected chi connectivity index (χ2v) is 2.66. The molecular formula is C9H10ClNO2. The molecule has 1 aromatic rings. The molecule has 13 heavy (non-hydrogen) atoms. The van der Waals surface area contributed by atoms with Crippen molar-refractivity contribution in [3.05, 3.63) is 35.9 Å². The van der Waals surface area contributed by atoms with Crippen LogP contribution in [0, 0.1) is 0 Å². The molecule has 0 aromatic heterocycles. The molecule has 0 fully saturated rings. The first-order valence-corrected chi connectivity index (χ1v) is 4.24. The molecule has 0 radical (unpaired) electrons. The second-order valence-electron chi connectivity index (χ2n) is 2.30. The van der Waals surface area contributed by atoms with Crippen molar-refractivity contribution in [2.24, 2.45) is 5.16 Å². The van der Waals surface area contributed by atoms with Gasteiger partial charge in [0.05, 0.1) is 6.61 Å². The van der Waals surface area contributed by atoms with E-state index in [1.165, 1.54) is 0 Å². The SMILES string of the molecule is OCCO/N=C(/Cl)c1ccccc1. The molecule has 0 heterocycles. The molecule has 0 amide bonds. The zero-order chi connectivity index (χ0) is 9.52. The van der Waals surface area contributed by atoms with E-state index < -0.39 is 0 Å². The molecule has 1 rings (SSSR count). The van der Waals surface area contributed by atoms with Crippen LogP contribution in [0.5, 0.6) is 0 Å². The second kappa shape index (κ2) is 5.56. The quantitative estimate of drug-likeness (QED) is 0.455. The van der Waals surface area contributed by atoms with E-state index in [9.17, 15) is 0 Å². The number of hydrogen-bond acceptors (Lipinski definition) is 3. The van der Waals surface area contributed by atoms with Gasteiger partial charge in [0.25, 0.3) is 0 Å². The van der Waals surface area contributed by atoms with Gasteiger partial charge in [-0.3, -0.25) is 0 Å². The van der Waals surface area contributed by atoms with Crippen LogP contribution in [-0.4, -0.2) is 23.5 Å². The number of aliphatic hydroxyl groups is 1. The molecule has 1 N–H and O–H groups in total. The molecule has 0 spiro atoms. The topological polar surface area (TPSA) is 41.8 Å². The number of aliphatic hydroxyl groups excluding tert-OH is 1. The minimum Gasteiger partial charge on any atom is -0.393 e. The van der Waals surface area contributed by atoms with Crippen molar-refractivity contribution in [3.8, 4) is 0 Å². The molecule has 70 valence electrons. The number of hydrogen-bond donors (Lipinski definition) is 1. The maximum absolute atomic E-state index is 8.41. The minimum atomic E-state index is -0.0670. The Morgan fingerprint density at radius 2 is 2.08 bits per heavy atom. The van der Waals surface area contributed by atoms with E-state index in [2.05, 4.69) is 5.16 Å². The fourth-order valence-electron chi connectivity index (χ4n) is 0.772. The predicted molar refractivity (Wildman–Crippen MR) is 51.9 cm³/mol. The first-order valence-electron chi connectivity index (χ1n) is 3.86. The number of halogens is 1. The lowest BCUT2D eigenvalue weighted by molar-refractivity contribution is 0.0993. The van der Waals surface area contributed by atoms with E-state index in [0.717, 1.165) is 5.56 Å². The van der Waals surface area contributed by atoms with Crippen molar-refractivity contribution >= 4 is 16.8 Å². The van der Waals surface area contributed by atoms with Crippen molar-refractivity contribution in [2.75, 3.05) is 13.2 Å². The zero-order valence-corrected chi connectivity index (χ0v) is 7.74. The summed E-state index contributed by atoms with van der Waals surface area (Å²) < 4.78 is 0. The van der Waals surface area contributed by atoms with Crippen molar-refractivity contribution in [1.29, 1.82) is 0 Å². The fourth-order valence-corrected chi connectivity index (χ4v) is 0.946. The highest BCUT2D eigenvalue weighted by Gasteiger charge is 1.97. The van der Waals surface area contributed by atoms with E-state index >= 15 is 0 Å². The Morgan fingerprint density at radius 3 is 2.69 bits per heavy atom. The van der Waals surface area contributed by atoms with E-state index in [4.69, 9.17) is 21.5 Å². The van der Waals surface area contributed by atoms with Crippen LogP contribution < -0.4 is 0 Å². The van der Waals surface area contributed by atoms with Gasteiger partial charge in [-0.25, -0.2) is 0 Å². The third kappa shape index (κ3) is 3.44. The molecule has 0 saturated heterocycles. The standard InChI is InChI=1S/C9H10ClNO2/c10-9(11-13-7-6-12)8-4-2-1-3-5-8/h1-5,12H,6-7H2/b11-9+. The van der Waals surface area contributed by atoms with Crippen LogP contribution >= 0.6 is 11.6 Å². The number of nitrogens with zero attached hydrogens (tertiary/aromatic N) is 1. The molecule has 0 saturated carbocycles. The molecule has 0 aliphatic rings. The van der Waals surface area contributed by atoms with Crippen LogP contribution in [0.15, 0.2) is 35.5 Å². The highest BCUT2D eigenvalue weighted by Crippen LogP contribution is 2.04. The summed E-state index contributed by atoms with van der Waals surface area (Å²) >= 11 is 5.79. The van der Waals surface area contributed by atoms with Crippen molar-refractivity contribution in [2.45, 2.75) is 0 Å². The summed E-state index contributed by atoms with van der Waals surface area (Å²) in [5, 5.41) is 12.3. The average Bonchev–Trinajstić information content (AvgIpc) is 2.19. The molecular weight excluding hydrogens is 190 g/mol. The number of oxime groups is 1. The van der Waals surface area contributed by atoms with Crippen molar-refractivity contribution in [3.63, 3.8) is 0 Å². The summed E-state index contributed by atoms with van der Waals surface area (Å²) in [4.78, 5) is 4.71. The summed E-state index contributed by atoms with van der Waals surface area (Å²) in [6.07, 6.45) is 0. The minimum absolute atomic E-state index is 0.0670. The number of rotatable bonds is 4. The molecule has 0 atom stereocenters. The predicted octanol–water partition coefficient (Wildman–Crippen LogP) is 1.60. The Hall–Kier alpha value is -1.06. The smallest absolute Gasteiger partial charge is 0.175 e. The monoisotopic (exact) mass is 199 g/mol. The van der Waals surface area contributed by atoms with Gasteiger partial charge in [0, 0.05) is 5.56 Å². The Bertz CT molecular complexity index is 274. The van der Waals surface area contributed by atoms with Crippen LogP contribution in [0.4, 0.5) is 0 Å². The van der Waals surface area contributed by atoms with E-state index in [1.54, 1.807) is 0 Å². The molecule has 1 aromatic carbocycles. The maximum Gasteiger partial charge on any atom is 0.175 e. The Kier molecular flexibility index (Phi) is 4.29. The van der Waals surface area contributed by atoms with Gasteiger partial charge in [-0.05, 0) is 0 Å². The Labute approximate surface area is 81.6 Å². The van der Waals surface area contributed by atoms with Gasteiger partial charge in [0.15, 0.2) is 5.17 Å². The molecule has 0 unspecified atom stereocenters. The summed E-state index contributed by atoms with van der Waals surface area (Å²) in [5.74, 6) is 0. The molecule has 0 bridgehead atoms. The number of benzene rings is 1. The van der Waals surface area contributed by atoms with Crippen molar-refractivity contribution < 1.29 is 9.94 Å². The fraction of sp³-hybridized carbons (Fsp3) is 0.222. The lowest BCUT2D eigenvalue weighted by Gasteiger charge is -1.98. The summed E-state index contributed by atoms with van der Waals surface area (Å²) in [7, 11) is 0. The van der Waals surface area contributed by atoms with Gasteiger partial charge in [0.1, 0.15) is 6.61 Å². The van der Waals surface area contributed by atoms with E-state index in [1.807, 2.05) is 30.3 Å². The van der Waals surface area contributed by atoms with Crippen LogP contribution in [0.25, 0.3) is 0 Å². The van der Waals surface area contributed by atoms with Gasteiger partial charge in [-0.15, -0.1) is 0 Å². The summed E-state index contributed by atoms with van der Waals surface area (Å²) in [5.41, 5.74) is 0.794. The van der Waals surface area contributed by atoms with Gasteiger partial charge < -0.3 is 9.94 Å². The first-order chi connectivity index (χ1) is 6.34. The molecule has 3 nitrogen and oxygen atoms in total. The summed E-state index contributed by atoms with van der Waals surface area (Å²) in [6.45, 7) is 0.0888. The lowest BCUT2D eigenvalue weighted by Crippen LogP contribution is -1.97. The molecule has 0 aliphatic heterocycles. The van der Waals surface area contributed by atoms with Crippen LogP contribution in [0.3, 0.4) is 0 Å². The van der Waals surface area contributed by atoms with E-state index in [0.29, 0.717) is 0 Å². The van der Waals surface area contributed by atoms with Crippen molar-refractivity contribution in [1.82, 2.24) is 0 Å². The third-order valence-corrected chi connectivity index (χ3v) is 1.63. The average molecular weight is 200 g/mol. The highest BCUT2D eigenvalue weighted by atomic mass is 35.5. The lowest BCUT2D eigenvalue weighted by atomic mass is 10.2. The van der Waals surface area contributed by atoms with E-state index in [-0.39, 0.29) is 18.4 Å². The normalized spacial score (nSPS) is 11.4. The Morgan fingerprint density at radius 1 is 1.38 bits per heavy atom. The largest absolute Gasteiger partial charge is 0.393 e. The molecule has 0 aliphatic carbocycles. The summed E-state index contributed by atoms with van der Waals surface area (Å²) in [6, 6.07) is 9.27. The maximum atomic E-state index is 8.41. The van der Waals surface area contributed by atoms with Gasteiger partial charge >= 0.3 is 0 Å². The van der Waals surface area contributed by atoms with Crippen LogP contribution in [-0.2, 0) is 4.84 Å². The highest BCUT2D eigenvalue weighted by molar-refractivity contribution is 6.69. The van der Waals surface area contributed by atoms with Crippen LogP contribution in [0.1, 0.15) is 5.56 Å². The third-order valence-electron chi connectivity index (χ3n) is 1.34. The molecule has 4 heteroatoms. The van der Waals surface area contributed by atoms with Crippen LogP contribution in [0.2, 0.25) is 0 Å². The van der Waals surface area contributed by atoms with Gasteiger partial charge in [-0.1, -0.05) is 47.1 Å². The zero-order valence-electron chi connectivity index (χ0n) is 6.98. The van der Waals surface area contributed by atoms with Gasteiger partial charge in [0.2, 0.25) is 0 Å². The first kappa shape index (κ1) is 10.0. The Balaban J connectivity index is 2.57.